The van der Waals surface area contributed by atoms with Gasteiger partial charge in [-0.3, -0.25) is 0 Å². The Bertz CT molecular complexity index is 2790. The maximum atomic E-state index is 6.54. The zero-order chi connectivity index (χ0) is 32.9. The van der Waals surface area contributed by atoms with Crippen LogP contribution in [0.3, 0.4) is 0 Å². The molecule has 1 heterocycles. The Kier molecular flexibility index (Phi) is 6.99. The molecule has 1 aromatic heterocycles. The first-order valence-corrected chi connectivity index (χ1v) is 17.2. The van der Waals surface area contributed by atoms with Crippen LogP contribution in [0.25, 0.3) is 98.4 Å². The summed E-state index contributed by atoms with van der Waals surface area (Å²) in [5, 5.41) is 12.2. The number of furan rings is 1. The zero-order valence-electron chi connectivity index (χ0n) is 27.6. The highest BCUT2D eigenvalue weighted by atomic mass is 16.3. The quantitative estimate of drug-likeness (QED) is 0.178. The van der Waals surface area contributed by atoms with Crippen LogP contribution < -0.4 is 0 Å². The number of benzene rings is 9. The summed E-state index contributed by atoms with van der Waals surface area (Å²) in [4.78, 5) is 0. The van der Waals surface area contributed by atoms with E-state index in [1.165, 1.54) is 65.5 Å². The van der Waals surface area contributed by atoms with E-state index in [0.717, 1.165) is 32.9 Å². The molecule has 0 saturated carbocycles. The lowest BCUT2D eigenvalue weighted by Crippen LogP contribution is -1.92. The van der Waals surface area contributed by atoms with E-state index in [4.69, 9.17) is 4.42 Å². The van der Waals surface area contributed by atoms with E-state index in [1.54, 1.807) is 0 Å². The summed E-state index contributed by atoms with van der Waals surface area (Å²) >= 11 is 0. The van der Waals surface area contributed by atoms with E-state index in [9.17, 15) is 0 Å². The fraction of sp³-hybridized carbons (Fsp3) is 0.0417. The van der Waals surface area contributed by atoms with Gasteiger partial charge >= 0.3 is 0 Å². The predicted octanol–water partition coefficient (Wildman–Crippen LogP) is 14.2. The van der Waals surface area contributed by atoms with Gasteiger partial charge in [-0.2, -0.15) is 0 Å². The van der Waals surface area contributed by atoms with Crippen LogP contribution in [0.15, 0.2) is 174 Å². The van der Waals surface area contributed by atoms with Crippen molar-refractivity contribution in [1.82, 2.24) is 0 Å². The number of hydrogen-bond donors (Lipinski definition) is 0. The third kappa shape index (κ3) is 4.62. The van der Waals surface area contributed by atoms with Crippen LogP contribution in [0.1, 0.15) is 13.8 Å². The summed E-state index contributed by atoms with van der Waals surface area (Å²) in [6, 6.07) is 61.6. The Morgan fingerprint density at radius 3 is 1.55 bits per heavy atom. The summed E-state index contributed by atoms with van der Waals surface area (Å²) < 4.78 is 6.54. The minimum Gasteiger partial charge on any atom is -0.455 e. The first kappa shape index (κ1) is 29.0. The van der Waals surface area contributed by atoms with Crippen molar-refractivity contribution in [1.29, 1.82) is 0 Å². The van der Waals surface area contributed by atoms with Gasteiger partial charge in [-0.15, -0.1) is 0 Å². The van der Waals surface area contributed by atoms with E-state index in [1.807, 2.05) is 13.8 Å². The Morgan fingerprint density at radius 2 is 0.837 bits per heavy atom. The maximum absolute atomic E-state index is 6.54. The van der Waals surface area contributed by atoms with Crippen LogP contribution in [0.2, 0.25) is 0 Å². The molecule has 9 aromatic carbocycles. The molecule has 0 amide bonds. The lowest BCUT2D eigenvalue weighted by atomic mass is 9.84. The molecule has 0 bridgehead atoms. The molecule has 0 radical (unpaired) electrons. The van der Waals surface area contributed by atoms with Crippen LogP contribution >= 0.6 is 0 Å². The average Bonchev–Trinajstić information content (AvgIpc) is 3.56. The van der Waals surface area contributed by atoms with Gasteiger partial charge in [0.15, 0.2) is 0 Å². The molecule has 0 fully saturated rings. The van der Waals surface area contributed by atoms with Crippen LogP contribution in [-0.2, 0) is 0 Å². The second-order valence-corrected chi connectivity index (χ2v) is 12.4. The molecule has 0 N–H and O–H groups in total. The van der Waals surface area contributed by atoms with Crippen molar-refractivity contribution in [3.8, 4) is 33.4 Å². The molecule has 0 aliphatic rings. The van der Waals surface area contributed by atoms with Crippen molar-refractivity contribution in [2.24, 2.45) is 0 Å². The molecular weight excluding hydrogens is 593 g/mol. The van der Waals surface area contributed by atoms with Crippen molar-refractivity contribution >= 4 is 65.0 Å². The SMILES string of the molecule is CC.c1cc(-c2ccc3c(c2)oc2c4ccccc4ccc32)cc(-c2c3ccccc3c(-c3cccc4ccccc34)c3ccccc23)c1. The van der Waals surface area contributed by atoms with Gasteiger partial charge in [0, 0.05) is 16.2 Å². The molecule has 49 heavy (non-hydrogen) atoms. The van der Waals surface area contributed by atoms with Crippen molar-refractivity contribution in [2.45, 2.75) is 13.8 Å². The lowest BCUT2D eigenvalue weighted by molar-refractivity contribution is 0.673. The van der Waals surface area contributed by atoms with Gasteiger partial charge in [-0.05, 0) is 95.3 Å². The van der Waals surface area contributed by atoms with Crippen molar-refractivity contribution < 1.29 is 4.42 Å². The molecule has 10 aromatic rings. The van der Waals surface area contributed by atoms with Crippen molar-refractivity contribution in [3.63, 3.8) is 0 Å². The number of fused-ring (bicyclic) bond motifs is 8. The van der Waals surface area contributed by atoms with E-state index < -0.39 is 0 Å². The second-order valence-electron chi connectivity index (χ2n) is 12.4. The average molecular weight is 627 g/mol. The van der Waals surface area contributed by atoms with Gasteiger partial charge in [-0.1, -0.05) is 159 Å². The summed E-state index contributed by atoms with van der Waals surface area (Å²) in [5.41, 5.74) is 9.19. The molecule has 1 nitrogen and oxygen atoms in total. The van der Waals surface area contributed by atoms with E-state index in [2.05, 4.69) is 170 Å². The first-order valence-electron chi connectivity index (χ1n) is 17.2. The minimum absolute atomic E-state index is 0.912. The van der Waals surface area contributed by atoms with E-state index in [0.29, 0.717) is 0 Å². The molecule has 1 heteroatoms. The summed E-state index contributed by atoms with van der Waals surface area (Å²) in [5.74, 6) is 0. The number of hydrogen-bond acceptors (Lipinski definition) is 1. The summed E-state index contributed by atoms with van der Waals surface area (Å²) in [6.45, 7) is 4.00. The fourth-order valence-corrected chi connectivity index (χ4v) is 7.71. The third-order valence-electron chi connectivity index (χ3n) is 9.84. The Labute approximate surface area is 285 Å². The van der Waals surface area contributed by atoms with E-state index >= 15 is 0 Å². The molecule has 0 saturated heterocycles. The maximum Gasteiger partial charge on any atom is 0.143 e. The topological polar surface area (TPSA) is 13.1 Å². The highest BCUT2D eigenvalue weighted by molar-refractivity contribution is 6.23. The van der Waals surface area contributed by atoms with Crippen molar-refractivity contribution in [2.75, 3.05) is 0 Å². The van der Waals surface area contributed by atoms with E-state index in [-0.39, 0.29) is 0 Å². The summed E-state index contributed by atoms with van der Waals surface area (Å²) in [7, 11) is 0. The highest BCUT2D eigenvalue weighted by Gasteiger charge is 2.18. The van der Waals surface area contributed by atoms with Gasteiger partial charge in [0.1, 0.15) is 11.2 Å². The minimum atomic E-state index is 0.912. The zero-order valence-corrected chi connectivity index (χ0v) is 27.6. The molecule has 0 aliphatic heterocycles. The first-order chi connectivity index (χ1) is 24.3. The Balaban J connectivity index is 0.00000160. The molecular formula is C48H34O. The van der Waals surface area contributed by atoms with Crippen LogP contribution in [0.4, 0.5) is 0 Å². The fourth-order valence-electron chi connectivity index (χ4n) is 7.71. The Morgan fingerprint density at radius 1 is 0.327 bits per heavy atom. The predicted molar refractivity (Wildman–Crippen MR) is 211 cm³/mol. The third-order valence-corrected chi connectivity index (χ3v) is 9.84. The molecule has 232 valence electrons. The van der Waals surface area contributed by atoms with Crippen molar-refractivity contribution in [3.05, 3.63) is 170 Å². The lowest BCUT2D eigenvalue weighted by Gasteiger charge is -2.19. The van der Waals surface area contributed by atoms with Crippen LogP contribution in [0, 0.1) is 0 Å². The van der Waals surface area contributed by atoms with Gasteiger partial charge < -0.3 is 4.42 Å². The monoisotopic (exact) mass is 626 g/mol. The molecule has 0 spiro atoms. The van der Waals surface area contributed by atoms with Crippen LogP contribution in [-0.4, -0.2) is 0 Å². The van der Waals surface area contributed by atoms with Crippen LogP contribution in [0.5, 0.6) is 0 Å². The Hall–Kier alpha value is -6.18. The molecule has 0 atom stereocenters. The van der Waals surface area contributed by atoms with Gasteiger partial charge in [0.2, 0.25) is 0 Å². The normalized spacial score (nSPS) is 11.5. The van der Waals surface area contributed by atoms with Gasteiger partial charge in [0.25, 0.3) is 0 Å². The standard InChI is InChI=1S/C46H28O.C2H6/c1-3-16-34-29(11-1)13-10-22-37(34)45-40-20-7-5-18-38(40)44(39-19-6-8-21-41(39)45)33-15-9-14-31(27-33)32-24-25-36-42-26-23-30-12-2-4-17-35(30)46(42)47-43(36)28-32;1-2/h1-28H;1-2H3. The largest absolute Gasteiger partial charge is 0.455 e. The smallest absolute Gasteiger partial charge is 0.143 e. The van der Waals surface area contributed by atoms with Gasteiger partial charge in [0.05, 0.1) is 0 Å². The van der Waals surface area contributed by atoms with Gasteiger partial charge in [-0.25, -0.2) is 0 Å². The molecule has 10 rings (SSSR count). The molecule has 0 aliphatic carbocycles. The summed E-state index contributed by atoms with van der Waals surface area (Å²) in [6.07, 6.45) is 0. The molecule has 0 unspecified atom stereocenters. The highest BCUT2D eigenvalue weighted by Crippen LogP contribution is 2.46. The second kappa shape index (κ2) is 11.8. The number of rotatable bonds is 3.